The molecule has 1 aromatic heterocycles. The summed E-state index contributed by atoms with van der Waals surface area (Å²) in [5, 5.41) is 5.03. The first-order chi connectivity index (χ1) is 12.7. The minimum absolute atomic E-state index is 0.253. The largest absolute Gasteiger partial charge is 0.265 e. The van der Waals surface area contributed by atoms with E-state index in [0.717, 1.165) is 11.1 Å². The van der Waals surface area contributed by atoms with Crippen molar-refractivity contribution < 1.29 is 8.42 Å². The van der Waals surface area contributed by atoms with Crippen LogP contribution >= 0.6 is 27.5 Å². The van der Waals surface area contributed by atoms with Crippen molar-refractivity contribution in [1.82, 2.24) is 9.78 Å². The highest BCUT2D eigenvalue weighted by Gasteiger charge is 2.22. The molecule has 0 unspecified atom stereocenters. The Kier molecular flexibility index (Phi) is 5.65. The summed E-state index contributed by atoms with van der Waals surface area (Å²) in [7, 11) is -3.75. The highest BCUT2D eigenvalue weighted by atomic mass is 79.9. The molecule has 0 saturated carbocycles. The molecule has 0 aliphatic rings. The number of aromatic nitrogens is 2. The molecule has 27 heavy (non-hydrogen) atoms. The Morgan fingerprint density at radius 1 is 1.11 bits per heavy atom. The smallest absolute Gasteiger partial charge is 0.263 e. The van der Waals surface area contributed by atoms with E-state index < -0.39 is 10.0 Å². The molecule has 3 rings (SSSR count). The van der Waals surface area contributed by atoms with E-state index in [4.69, 9.17) is 11.6 Å². The van der Waals surface area contributed by atoms with Crippen molar-refractivity contribution in [2.75, 3.05) is 4.72 Å². The topological polar surface area (TPSA) is 64.0 Å². The van der Waals surface area contributed by atoms with Gasteiger partial charge in [0.25, 0.3) is 10.0 Å². The quantitative estimate of drug-likeness (QED) is 0.568. The molecule has 0 radical (unpaired) electrons. The number of hydrogen-bond acceptors (Lipinski definition) is 3. The van der Waals surface area contributed by atoms with Gasteiger partial charge in [-0.25, -0.2) is 8.42 Å². The van der Waals surface area contributed by atoms with Crippen molar-refractivity contribution in [3.63, 3.8) is 0 Å². The third-order valence-corrected chi connectivity index (χ3v) is 6.56. The van der Waals surface area contributed by atoms with Gasteiger partial charge >= 0.3 is 0 Å². The van der Waals surface area contributed by atoms with Crippen LogP contribution in [0.15, 0.2) is 52.0 Å². The fourth-order valence-electron chi connectivity index (χ4n) is 3.09. The molecule has 0 fully saturated rings. The summed E-state index contributed by atoms with van der Waals surface area (Å²) in [6, 6.07) is 11.1. The van der Waals surface area contributed by atoms with Gasteiger partial charge in [-0.05, 0) is 65.5 Å². The highest BCUT2D eigenvalue weighted by molar-refractivity contribution is 9.10. The average Bonchev–Trinajstić information content (AvgIpc) is 2.87. The summed E-state index contributed by atoms with van der Waals surface area (Å²) >= 11 is 9.29. The number of hydrogen-bond donors (Lipinski definition) is 1. The Bertz CT molecular complexity index is 1070. The van der Waals surface area contributed by atoms with Crippen LogP contribution in [0.5, 0.6) is 0 Å². The Morgan fingerprint density at radius 2 is 1.70 bits per heavy atom. The lowest BCUT2D eigenvalue weighted by molar-refractivity contribution is 0.599. The normalized spacial score (nSPS) is 11.6. The first kappa shape index (κ1) is 19.9. The molecule has 2 aromatic carbocycles. The summed E-state index contributed by atoms with van der Waals surface area (Å²) in [4.78, 5) is 0.284. The zero-order chi connectivity index (χ0) is 19.8. The molecule has 1 N–H and O–H groups in total. The zero-order valence-corrected chi connectivity index (χ0v) is 18.3. The Labute approximate surface area is 172 Å². The van der Waals surface area contributed by atoms with Crippen LogP contribution in [0.1, 0.15) is 22.3 Å². The van der Waals surface area contributed by atoms with Crippen molar-refractivity contribution in [3.05, 3.63) is 74.3 Å². The molecule has 0 bridgehead atoms. The lowest BCUT2D eigenvalue weighted by Crippen LogP contribution is -2.17. The van der Waals surface area contributed by atoms with Gasteiger partial charge in [-0.3, -0.25) is 9.40 Å². The Morgan fingerprint density at radius 3 is 2.30 bits per heavy atom. The summed E-state index contributed by atoms with van der Waals surface area (Å²) in [5.41, 5.74) is 3.44. The van der Waals surface area contributed by atoms with Crippen LogP contribution < -0.4 is 4.72 Å². The van der Waals surface area contributed by atoms with E-state index in [-0.39, 0.29) is 10.7 Å². The summed E-state index contributed by atoms with van der Waals surface area (Å²) < 4.78 is 30.7. The minimum atomic E-state index is -3.75. The maximum Gasteiger partial charge on any atom is 0.263 e. The molecule has 0 amide bonds. The number of rotatable bonds is 5. The molecule has 0 atom stereocenters. The number of benzene rings is 2. The summed E-state index contributed by atoms with van der Waals surface area (Å²) in [6.07, 6.45) is 1.74. The minimum Gasteiger partial charge on any atom is -0.265 e. The van der Waals surface area contributed by atoms with E-state index in [2.05, 4.69) is 25.8 Å². The lowest BCUT2D eigenvalue weighted by Gasteiger charge is -2.13. The molecule has 0 aliphatic carbocycles. The van der Waals surface area contributed by atoms with Gasteiger partial charge in [-0.15, -0.1) is 0 Å². The molecule has 8 heteroatoms. The maximum atomic E-state index is 12.9. The van der Waals surface area contributed by atoms with Crippen LogP contribution in [-0.2, 0) is 16.6 Å². The Balaban J connectivity index is 1.87. The maximum absolute atomic E-state index is 12.9. The average molecular weight is 469 g/mol. The monoisotopic (exact) mass is 467 g/mol. The van der Waals surface area contributed by atoms with Gasteiger partial charge in [0.2, 0.25) is 0 Å². The van der Waals surface area contributed by atoms with Crippen molar-refractivity contribution in [1.29, 1.82) is 0 Å². The van der Waals surface area contributed by atoms with Crippen molar-refractivity contribution in [2.24, 2.45) is 0 Å². The Hall–Kier alpha value is -1.83. The van der Waals surface area contributed by atoms with Crippen LogP contribution in [0.25, 0.3) is 0 Å². The third kappa shape index (κ3) is 4.54. The molecule has 0 spiro atoms. The van der Waals surface area contributed by atoms with Crippen molar-refractivity contribution in [3.8, 4) is 0 Å². The molecule has 142 valence electrons. The van der Waals surface area contributed by atoms with Gasteiger partial charge in [0.05, 0.1) is 15.9 Å². The van der Waals surface area contributed by atoms with Crippen molar-refractivity contribution >= 4 is 43.4 Å². The van der Waals surface area contributed by atoms with Gasteiger partial charge in [-0.2, -0.15) is 5.10 Å². The van der Waals surface area contributed by atoms with Gasteiger partial charge in [0.1, 0.15) is 0 Å². The molecular weight excluding hydrogens is 450 g/mol. The van der Waals surface area contributed by atoms with Gasteiger partial charge < -0.3 is 0 Å². The second kappa shape index (κ2) is 7.66. The van der Waals surface area contributed by atoms with E-state index in [1.807, 2.05) is 43.3 Å². The SMILES string of the molecule is Cc1cc(C)c(S(=O)(=O)Nc2nn(Cc3ccc(Cl)cc3)cc2Br)c(C)c1. The van der Waals surface area contributed by atoms with E-state index in [9.17, 15) is 8.42 Å². The fraction of sp³-hybridized carbons (Fsp3) is 0.211. The van der Waals surface area contributed by atoms with Gasteiger partial charge in [-0.1, -0.05) is 41.4 Å². The summed E-state index contributed by atoms with van der Waals surface area (Å²) in [6.45, 7) is 6.03. The number of anilines is 1. The highest BCUT2D eigenvalue weighted by Crippen LogP contribution is 2.27. The van der Waals surface area contributed by atoms with Gasteiger partial charge in [0.15, 0.2) is 5.82 Å². The predicted molar refractivity (Wildman–Crippen MR) is 112 cm³/mol. The number of nitrogens with one attached hydrogen (secondary N) is 1. The molecular formula is C19H19BrClN3O2S. The number of halogens is 2. The van der Waals surface area contributed by atoms with E-state index in [0.29, 0.717) is 27.2 Å². The van der Waals surface area contributed by atoms with Gasteiger partial charge in [0, 0.05) is 11.2 Å². The molecule has 3 aromatic rings. The molecule has 0 aliphatic heterocycles. The molecule has 1 heterocycles. The van der Waals surface area contributed by atoms with Crippen LogP contribution in [0.3, 0.4) is 0 Å². The lowest BCUT2D eigenvalue weighted by atomic mass is 10.1. The first-order valence-corrected chi connectivity index (χ1v) is 10.9. The third-order valence-electron chi connectivity index (χ3n) is 4.08. The molecule has 0 saturated heterocycles. The van der Waals surface area contributed by atoms with E-state index in [1.165, 1.54) is 0 Å². The van der Waals surface area contributed by atoms with E-state index >= 15 is 0 Å². The number of sulfonamides is 1. The predicted octanol–water partition coefficient (Wildman–Crippen LogP) is 5.07. The molecule has 5 nitrogen and oxygen atoms in total. The van der Waals surface area contributed by atoms with Crippen LogP contribution in [0, 0.1) is 20.8 Å². The first-order valence-electron chi connectivity index (χ1n) is 8.24. The van der Waals surface area contributed by atoms with Crippen molar-refractivity contribution in [2.45, 2.75) is 32.2 Å². The fourth-order valence-corrected chi connectivity index (χ4v) is 5.24. The van der Waals surface area contributed by atoms with Crippen LogP contribution in [0.4, 0.5) is 5.82 Å². The second-order valence-corrected chi connectivity index (χ2v) is 9.39. The number of nitrogens with zero attached hydrogens (tertiary/aromatic N) is 2. The second-order valence-electron chi connectivity index (χ2n) is 6.48. The van der Waals surface area contributed by atoms with Crippen LogP contribution in [0.2, 0.25) is 5.02 Å². The standard InChI is InChI=1S/C19H19BrClN3O2S/c1-12-8-13(2)18(14(3)9-12)27(25,26)23-19-17(20)11-24(22-19)10-15-4-6-16(21)7-5-15/h4-9,11H,10H2,1-3H3,(H,22,23). The van der Waals surface area contributed by atoms with E-state index in [1.54, 1.807) is 24.7 Å². The zero-order valence-electron chi connectivity index (χ0n) is 15.1. The number of aryl methyl sites for hydroxylation is 3. The summed E-state index contributed by atoms with van der Waals surface area (Å²) in [5.74, 6) is 0.253. The van der Waals surface area contributed by atoms with Crippen LogP contribution in [-0.4, -0.2) is 18.2 Å².